The van der Waals surface area contributed by atoms with E-state index in [9.17, 15) is 0 Å². The molecule has 13 heavy (non-hydrogen) atoms. The SMILES string of the molecule is CC=C1Cc2ccccc2C1(C)C. The van der Waals surface area contributed by atoms with Crippen molar-refractivity contribution in [3.8, 4) is 0 Å². The van der Waals surface area contributed by atoms with Crippen LogP contribution in [0.4, 0.5) is 0 Å². The Kier molecular flexibility index (Phi) is 1.80. The van der Waals surface area contributed by atoms with Crippen LogP contribution >= 0.6 is 0 Å². The van der Waals surface area contributed by atoms with Gasteiger partial charge in [-0.05, 0) is 24.5 Å². The summed E-state index contributed by atoms with van der Waals surface area (Å²) in [6.45, 7) is 6.77. The van der Waals surface area contributed by atoms with E-state index in [2.05, 4.69) is 51.1 Å². The normalized spacial score (nSPS) is 21.9. The van der Waals surface area contributed by atoms with Crippen LogP contribution in [0.1, 0.15) is 31.9 Å². The van der Waals surface area contributed by atoms with Crippen LogP contribution in [0.3, 0.4) is 0 Å². The lowest BCUT2D eigenvalue weighted by Crippen LogP contribution is -2.14. The van der Waals surface area contributed by atoms with Crippen LogP contribution in [0, 0.1) is 0 Å². The van der Waals surface area contributed by atoms with E-state index < -0.39 is 0 Å². The highest BCUT2D eigenvalue weighted by Crippen LogP contribution is 2.41. The van der Waals surface area contributed by atoms with Gasteiger partial charge in [-0.3, -0.25) is 0 Å². The molecule has 0 spiro atoms. The lowest BCUT2D eigenvalue weighted by molar-refractivity contribution is 0.643. The van der Waals surface area contributed by atoms with Crippen LogP contribution in [0.15, 0.2) is 35.9 Å². The summed E-state index contributed by atoms with van der Waals surface area (Å²) in [5.41, 5.74) is 4.81. The van der Waals surface area contributed by atoms with Gasteiger partial charge in [0, 0.05) is 5.41 Å². The molecule has 1 aliphatic carbocycles. The van der Waals surface area contributed by atoms with Gasteiger partial charge in [-0.25, -0.2) is 0 Å². The maximum Gasteiger partial charge on any atom is 0.0111 e. The Hall–Kier alpha value is -1.04. The molecule has 0 unspecified atom stereocenters. The zero-order chi connectivity index (χ0) is 9.47. The lowest BCUT2D eigenvalue weighted by Gasteiger charge is -2.21. The molecule has 0 amide bonds. The van der Waals surface area contributed by atoms with Crippen molar-refractivity contribution in [2.24, 2.45) is 0 Å². The Morgan fingerprint density at radius 1 is 1.23 bits per heavy atom. The summed E-state index contributed by atoms with van der Waals surface area (Å²) in [7, 11) is 0. The van der Waals surface area contributed by atoms with Gasteiger partial charge in [-0.2, -0.15) is 0 Å². The fourth-order valence-electron chi connectivity index (χ4n) is 2.35. The largest absolute Gasteiger partial charge is 0.0872 e. The van der Waals surface area contributed by atoms with Crippen molar-refractivity contribution in [2.75, 3.05) is 0 Å². The highest BCUT2D eigenvalue weighted by atomic mass is 14.4. The minimum absolute atomic E-state index is 0.255. The fraction of sp³-hybridized carbons (Fsp3) is 0.385. The summed E-state index contributed by atoms with van der Waals surface area (Å²) in [5, 5.41) is 0. The van der Waals surface area contributed by atoms with Gasteiger partial charge in [0.1, 0.15) is 0 Å². The molecule has 1 aliphatic rings. The van der Waals surface area contributed by atoms with Crippen LogP contribution in [0.25, 0.3) is 0 Å². The highest BCUT2D eigenvalue weighted by molar-refractivity contribution is 5.49. The second-order valence-corrected chi connectivity index (χ2v) is 4.27. The average molecular weight is 172 g/mol. The van der Waals surface area contributed by atoms with E-state index in [0.29, 0.717) is 0 Å². The van der Waals surface area contributed by atoms with Crippen LogP contribution in [0.2, 0.25) is 0 Å². The molecule has 0 radical (unpaired) electrons. The standard InChI is InChI=1S/C13H16/c1-4-11-9-10-7-5-6-8-12(10)13(11,2)3/h4-8H,9H2,1-3H3. The molecule has 0 saturated heterocycles. The Morgan fingerprint density at radius 2 is 1.92 bits per heavy atom. The summed E-state index contributed by atoms with van der Waals surface area (Å²) in [6, 6.07) is 8.77. The number of allylic oxidation sites excluding steroid dienone is 2. The van der Waals surface area contributed by atoms with E-state index in [1.54, 1.807) is 5.57 Å². The molecule has 0 N–H and O–H groups in total. The first-order valence-electron chi connectivity index (χ1n) is 4.90. The van der Waals surface area contributed by atoms with E-state index in [4.69, 9.17) is 0 Å². The van der Waals surface area contributed by atoms with Gasteiger partial charge in [-0.1, -0.05) is 49.8 Å². The Balaban J connectivity index is 2.60. The van der Waals surface area contributed by atoms with Crippen LogP contribution < -0.4 is 0 Å². The molecule has 0 bridgehead atoms. The van der Waals surface area contributed by atoms with Crippen molar-refractivity contribution in [3.05, 3.63) is 47.0 Å². The molecule has 0 heterocycles. The van der Waals surface area contributed by atoms with Gasteiger partial charge in [0.05, 0.1) is 0 Å². The Morgan fingerprint density at radius 3 is 2.54 bits per heavy atom. The van der Waals surface area contributed by atoms with Crippen LogP contribution in [-0.2, 0) is 11.8 Å². The average Bonchev–Trinajstić information content (AvgIpc) is 2.39. The highest BCUT2D eigenvalue weighted by Gasteiger charge is 2.33. The number of rotatable bonds is 0. The Bertz CT molecular complexity index is 356. The maximum absolute atomic E-state index is 2.31. The quantitative estimate of drug-likeness (QED) is 0.526. The second-order valence-electron chi connectivity index (χ2n) is 4.27. The van der Waals surface area contributed by atoms with Gasteiger partial charge in [0.2, 0.25) is 0 Å². The van der Waals surface area contributed by atoms with Crippen molar-refractivity contribution in [1.82, 2.24) is 0 Å². The molecule has 1 aromatic carbocycles. The van der Waals surface area contributed by atoms with E-state index in [1.165, 1.54) is 11.1 Å². The molecule has 68 valence electrons. The second kappa shape index (κ2) is 2.73. The molecular weight excluding hydrogens is 156 g/mol. The zero-order valence-corrected chi connectivity index (χ0v) is 8.59. The number of hydrogen-bond donors (Lipinski definition) is 0. The summed E-state index contributed by atoms with van der Waals surface area (Å²) >= 11 is 0. The number of benzene rings is 1. The smallest absolute Gasteiger partial charge is 0.0111 e. The van der Waals surface area contributed by atoms with Gasteiger partial charge in [-0.15, -0.1) is 0 Å². The number of hydrogen-bond acceptors (Lipinski definition) is 0. The monoisotopic (exact) mass is 172 g/mol. The van der Waals surface area contributed by atoms with E-state index in [0.717, 1.165) is 6.42 Å². The third-order valence-electron chi connectivity index (χ3n) is 3.22. The molecule has 1 aromatic rings. The van der Waals surface area contributed by atoms with Crippen molar-refractivity contribution in [1.29, 1.82) is 0 Å². The first-order valence-corrected chi connectivity index (χ1v) is 4.90. The lowest BCUT2D eigenvalue weighted by atomic mass is 9.83. The van der Waals surface area contributed by atoms with E-state index in [1.807, 2.05) is 0 Å². The zero-order valence-electron chi connectivity index (χ0n) is 8.59. The predicted octanol–water partition coefficient (Wildman–Crippen LogP) is 3.47. The topological polar surface area (TPSA) is 0 Å². The molecular formula is C13H16. The third-order valence-corrected chi connectivity index (χ3v) is 3.22. The number of fused-ring (bicyclic) bond motifs is 1. The first-order chi connectivity index (χ1) is 6.16. The van der Waals surface area contributed by atoms with Crippen molar-refractivity contribution >= 4 is 0 Å². The molecule has 0 nitrogen and oxygen atoms in total. The molecule has 0 atom stereocenters. The van der Waals surface area contributed by atoms with Crippen molar-refractivity contribution in [2.45, 2.75) is 32.6 Å². The minimum Gasteiger partial charge on any atom is -0.0872 e. The first kappa shape index (κ1) is 8.55. The summed E-state index contributed by atoms with van der Waals surface area (Å²) in [6.07, 6.45) is 3.40. The van der Waals surface area contributed by atoms with E-state index in [-0.39, 0.29) is 5.41 Å². The summed E-state index contributed by atoms with van der Waals surface area (Å²) in [4.78, 5) is 0. The summed E-state index contributed by atoms with van der Waals surface area (Å²) < 4.78 is 0. The third kappa shape index (κ3) is 1.13. The predicted molar refractivity (Wildman–Crippen MR) is 56.9 cm³/mol. The molecule has 0 heteroatoms. The Labute approximate surface area is 80.3 Å². The van der Waals surface area contributed by atoms with Gasteiger partial charge in [0.15, 0.2) is 0 Å². The minimum atomic E-state index is 0.255. The molecule has 0 saturated carbocycles. The van der Waals surface area contributed by atoms with Gasteiger partial charge >= 0.3 is 0 Å². The van der Waals surface area contributed by atoms with Crippen molar-refractivity contribution in [3.63, 3.8) is 0 Å². The molecule has 0 aromatic heterocycles. The van der Waals surface area contributed by atoms with Crippen LogP contribution in [0.5, 0.6) is 0 Å². The van der Waals surface area contributed by atoms with E-state index >= 15 is 0 Å². The van der Waals surface area contributed by atoms with Crippen LogP contribution in [-0.4, -0.2) is 0 Å². The molecule has 0 aliphatic heterocycles. The maximum atomic E-state index is 2.31. The summed E-state index contributed by atoms with van der Waals surface area (Å²) in [5.74, 6) is 0. The molecule has 0 fully saturated rings. The van der Waals surface area contributed by atoms with Crippen molar-refractivity contribution < 1.29 is 0 Å². The van der Waals surface area contributed by atoms with Gasteiger partial charge in [0.25, 0.3) is 0 Å². The molecule has 2 rings (SSSR count). The fourth-order valence-corrected chi connectivity index (χ4v) is 2.35. The van der Waals surface area contributed by atoms with Gasteiger partial charge < -0.3 is 0 Å².